The van der Waals surface area contributed by atoms with Gasteiger partial charge in [0, 0.05) is 29.2 Å². The predicted molar refractivity (Wildman–Crippen MR) is 87.3 cm³/mol. The lowest BCUT2D eigenvalue weighted by Crippen LogP contribution is -2.34. The highest BCUT2D eigenvalue weighted by atomic mass is 35.5. The molecule has 0 atom stereocenters. The van der Waals surface area contributed by atoms with Gasteiger partial charge in [0.1, 0.15) is 5.82 Å². The third kappa shape index (κ3) is 4.79. The topological polar surface area (TPSA) is 58.2 Å². The Morgan fingerprint density at radius 2 is 1.48 bits per heavy atom. The maximum absolute atomic E-state index is 13.4. The van der Waals surface area contributed by atoms with E-state index in [1.165, 1.54) is 6.07 Å². The Kier molecular flexibility index (Phi) is 5.71. The quantitative estimate of drug-likeness (QED) is 0.826. The molecule has 6 heteroatoms. The molecule has 2 aromatic rings. The van der Waals surface area contributed by atoms with E-state index in [2.05, 4.69) is 10.6 Å². The summed E-state index contributed by atoms with van der Waals surface area (Å²) in [6, 6.07) is 10.8. The Morgan fingerprint density at radius 1 is 0.957 bits per heavy atom. The van der Waals surface area contributed by atoms with Crippen LogP contribution in [0, 0.1) is 12.7 Å². The fraction of sp³-hybridized carbons (Fsp3) is 0.176. The van der Waals surface area contributed by atoms with Gasteiger partial charge in [0.05, 0.1) is 0 Å². The SMILES string of the molecule is Cc1ccc(C(=O)NCCNC(=O)c2ccc(Cl)cc2)cc1F. The highest BCUT2D eigenvalue weighted by Crippen LogP contribution is 2.10. The van der Waals surface area contributed by atoms with E-state index in [4.69, 9.17) is 11.6 Å². The lowest BCUT2D eigenvalue weighted by molar-refractivity contribution is 0.0927. The molecule has 0 bridgehead atoms. The molecular weight excluding hydrogens is 319 g/mol. The van der Waals surface area contributed by atoms with Crippen LogP contribution in [0.3, 0.4) is 0 Å². The van der Waals surface area contributed by atoms with Crippen molar-refractivity contribution in [3.05, 3.63) is 70.0 Å². The van der Waals surface area contributed by atoms with Crippen LogP contribution in [-0.2, 0) is 0 Å². The van der Waals surface area contributed by atoms with E-state index in [0.29, 0.717) is 16.1 Å². The Labute approximate surface area is 138 Å². The van der Waals surface area contributed by atoms with Crippen LogP contribution in [-0.4, -0.2) is 24.9 Å². The van der Waals surface area contributed by atoms with Crippen LogP contribution in [0.2, 0.25) is 5.02 Å². The van der Waals surface area contributed by atoms with Gasteiger partial charge in [-0.2, -0.15) is 0 Å². The minimum Gasteiger partial charge on any atom is -0.350 e. The highest BCUT2D eigenvalue weighted by molar-refractivity contribution is 6.30. The minimum absolute atomic E-state index is 0.244. The van der Waals surface area contributed by atoms with Crippen molar-refractivity contribution in [1.29, 1.82) is 0 Å². The predicted octanol–water partition coefficient (Wildman–Crippen LogP) is 2.95. The minimum atomic E-state index is -0.423. The van der Waals surface area contributed by atoms with Gasteiger partial charge in [-0.1, -0.05) is 17.7 Å². The van der Waals surface area contributed by atoms with Crippen LogP contribution in [0.5, 0.6) is 0 Å². The molecule has 0 heterocycles. The molecule has 0 aliphatic carbocycles. The number of amides is 2. The Balaban J connectivity index is 1.78. The summed E-state index contributed by atoms with van der Waals surface area (Å²) in [4.78, 5) is 23.7. The first-order chi connectivity index (χ1) is 11.0. The highest BCUT2D eigenvalue weighted by Gasteiger charge is 2.08. The lowest BCUT2D eigenvalue weighted by Gasteiger charge is -2.08. The van der Waals surface area contributed by atoms with E-state index in [0.717, 1.165) is 0 Å². The van der Waals surface area contributed by atoms with Crippen molar-refractivity contribution >= 4 is 23.4 Å². The Morgan fingerprint density at radius 3 is 2.04 bits per heavy atom. The largest absolute Gasteiger partial charge is 0.350 e. The van der Waals surface area contributed by atoms with E-state index >= 15 is 0 Å². The van der Waals surface area contributed by atoms with E-state index in [1.54, 1.807) is 43.3 Å². The molecule has 0 aromatic heterocycles. The van der Waals surface area contributed by atoms with Crippen molar-refractivity contribution in [2.24, 2.45) is 0 Å². The van der Waals surface area contributed by atoms with Gasteiger partial charge < -0.3 is 10.6 Å². The van der Waals surface area contributed by atoms with Gasteiger partial charge in [-0.3, -0.25) is 9.59 Å². The van der Waals surface area contributed by atoms with Gasteiger partial charge in [-0.15, -0.1) is 0 Å². The standard InChI is InChI=1S/C17H16ClFN2O2/c1-11-2-3-13(10-15(11)19)17(23)21-9-8-20-16(22)12-4-6-14(18)7-5-12/h2-7,10H,8-9H2,1H3,(H,20,22)(H,21,23). The molecule has 0 saturated heterocycles. The lowest BCUT2D eigenvalue weighted by atomic mass is 10.1. The second-order valence-electron chi connectivity index (χ2n) is 4.98. The van der Waals surface area contributed by atoms with E-state index in [-0.39, 0.29) is 30.5 Å². The molecule has 0 fully saturated rings. The summed E-state index contributed by atoms with van der Waals surface area (Å²) in [5.74, 6) is -1.06. The van der Waals surface area contributed by atoms with Gasteiger partial charge >= 0.3 is 0 Å². The molecule has 2 amide bonds. The number of halogens is 2. The Bertz CT molecular complexity index is 717. The summed E-state index contributed by atoms with van der Waals surface area (Å²) < 4.78 is 13.4. The average Bonchev–Trinajstić information content (AvgIpc) is 2.54. The third-order valence-electron chi connectivity index (χ3n) is 3.24. The van der Waals surface area contributed by atoms with Crippen LogP contribution < -0.4 is 10.6 Å². The summed E-state index contributed by atoms with van der Waals surface area (Å²) in [6.07, 6.45) is 0. The molecule has 0 aliphatic rings. The molecule has 0 radical (unpaired) electrons. The van der Waals surface area contributed by atoms with Crippen LogP contribution >= 0.6 is 11.6 Å². The third-order valence-corrected chi connectivity index (χ3v) is 3.49. The molecule has 2 rings (SSSR count). The molecule has 0 unspecified atom stereocenters. The fourth-order valence-electron chi connectivity index (χ4n) is 1.89. The molecule has 0 spiro atoms. The number of nitrogens with one attached hydrogen (secondary N) is 2. The first-order valence-corrected chi connectivity index (χ1v) is 7.43. The zero-order valence-electron chi connectivity index (χ0n) is 12.5. The zero-order valence-corrected chi connectivity index (χ0v) is 13.3. The van der Waals surface area contributed by atoms with Gasteiger partial charge in [0.2, 0.25) is 0 Å². The van der Waals surface area contributed by atoms with Crippen LogP contribution in [0.25, 0.3) is 0 Å². The smallest absolute Gasteiger partial charge is 0.251 e. The number of hydrogen-bond donors (Lipinski definition) is 2. The second kappa shape index (κ2) is 7.74. The monoisotopic (exact) mass is 334 g/mol. The molecule has 4 nitrogen and oxygen atoms in total. The number of carbonyl (C=O) groups is 2. The maximum Gasteiger partial charge on any atom is 0.251 e. The molecule has 2 aromatic carbocycles. The second-order valence-corrected chi connectivity index (χ2v) is 5.42. The first kappa shape index (κ1) is 17.0. The molecule has 2 N–H and O–H groups in total. The van der Waals surface area contributed by atoms with Crippen LogP contribution in [0.15, 0.2) is 42.5 Å². The number of carbonyl (C=O) groups excluding carboxylic acids is 2. The van der Waals surface area contributed by atoms with Crippen molar-refractivity contribution < 1.29 is 14.0 Å². The number of rotatable bonds is 5. The molecule has 0 saturated carbocycles. The van der Waals surface area contributed by atoms with Crippen molar-refractivity contribution in [1.82, 2.24) is 10.6 Å². The maximum atomic E-state index is 13.4. The molecule has 23 heavy (non-hydrogen) atoms. The summed E-state index contributed by atoms with van der Waals surface area (Å²) in [5.41, 5.74) is 1.22. The van der Waals surface area contributed by atoms with Crippen molar-refractivity contribution in [3.8, 4) is 0 Å². The molecule has 0 aliphatic heterocycles. The van der Waals surface area contributed by atoms with Crippen LogP contribution in [0.1, 0.15) is 26.3 Å². The van der Waals surface area contributed by atoms with Crippen LogP contribution in [0.4, 0.5) is 4.39 Å². The van der Waals surface area contributed by atoms with E-state index in [9.17, 15) is 14.0 Å². The van der Waals surface area contributed by atoms with Crippen molar-refractivity contribution in [2.45, 2.75) is 6.92 Å². The van der Waals surface area contributed by atoms with Gasteiger partial charge in [0.15, 0.2) is 0 Å². The summed E-state index contributed by atoms with van der Waals surface area (Å²) >= 11 is 5.75. The number of hydrogen-bond acceptors (Lipinski definition) is 2. The van der Waals surface area contributed by atoms with Gasteiger partial charge in [0.25, 0.3) is 11.8 Å². The normalized spacial score (nSPS) is 10.2. The summed E-state index contributed by atoms with van der Waals surface area (Å²) in [6.45, 7) is 2.14. The van der Waals surface area contributed by atoms with Gasteiger partial charge in [-0.05, 0) is 48.9 Å². The fourth-order valence-corrected chi connectivity index (χ4v) is 2.02. The first-order valence-electron chi connectivity index (χ1n) is 7.05. The molecule has 120 valence electrons. The Hall–Kier alpha value is -2.40. The van der Waals surface area contributed by atoms with Crippen molar-refractivity contribution in [3.63, 3.8) is 0 Å². The average molecular weight is 335 g/mol. The van der Waals surface area contributed by atoms with E-state index in [1.807, 2.05) is 0 Å². The summed E-state index contributed by atoms with van der Waals surface area (Å²) in [7, 11) is 0. The number of benzene rings is 2. The zero-order chi connectivity index (χ0) is 16.8. The van der Waals surface area contributed by atoms with Crippen molar-refractivity contribution in [2.75, 3.05) is 13.1 Å². The summed E-state index contributed by atoms with van der Waals surface area (Å²) in [5, 5.41) is 5.85. The molecular formula is C17H16ClFN2O2. The van der Waals surface area contributed by atoms with Gasteiger partial charge in [-0.25, -0.2) is 4.39 Å². The van der Waals surface area contributed by atoms with E-state index < -0.39 is 5.82 Å². The number of aryl methyl sites for hydroxylation is 1.